The molecule has 0 unspecified atom stereocenters. The van der Waals surface area contributed by atoms with E-state index in [0.717, 1.165) is 18.5 Å². The number of aryl methyl sites for hydroxylation is 1. The van der Waals surface area contributed by atoms with Gasteiger partial charge in [0.25, 0.3) is 0 Å². The molecule has 0 saturated heterocycles. The van der Waals surface area contributed by atoms with E-state index in [2.05, 4.69) is 10.3 Å². The zero-order chi connectivity index (χ0) is 11.7. The van der Waals surface area contributed by atoms with Crippen LogP contribution in [0, 0.1) is 17.0 Å². The monoisotopic (exact) mass is 222 g/mol. The number of anilines is 1. The quantitative estimate of drug-likeness (QED) is 0.592. The van der Waals surface area contributed by atoms with Gasteiger partial charge >= 0.3 is 5.69 Å². The van der Waals surface area contributed by atoms with Gasteiger partial charge in [-0.3, -0.25) is 10.1 Å². The van der Waals surface area contributed by atoms with Crippen LogP contribution < -0.4 is 11.1 Å². The molecule has 2 rings (SSSR count). The molecule has 0 amide bonds. The SMILES string of the molecule is Cc1ccc([N+](=O)[O-])c(NC2CC(N)C2)n1. The molecule has 1 aliphatic rings. The molecule has 0 radical (unpaired) electrons. The van der Waals surface area contributed by atoms with Crippen LogP contribution in [0.5, 0.6) is 0 Å². The highest BCUT2D eigenvalue weighted by atomic mass is 16.6. The first-order valence-electron chi connectivity index (χ1n) is 5.20. The van der Waals surface area contributed by atoms with Crippen LogP contribution in [0.15, 0.2) is 12.1 Å². The number of nitrogens with one attached hydrogen (secondary N) is 1. The number of nitro groups is 1. The first-order valence-corrected chi connectivity index (χ1v) is 5.20. The maximum Gasteiger partial charge on any atom is 0.311 e. The highest BCUT2D eigenvalue weighted by molar-refractivity contribution is 5.56. The summed E-state index contributed by atoms with van der Waals surface area (Å²) in [6.45, 7) is 1.81. The van der Waals surface area contributed by atoms with Crippen molar-refractivity contribution in [2.75, 3.05) is 5.32 Å². The van der Waals surface area contributed by atoms with Crippen molar-refractivity contribution in [2.24, 2.45) is 5.73 Å². The lowest BCUT2D eigenvalue weighted by Gasteiger charge is -2.33. The van der Waals surface area contributed by atoms with Crippen molar-refractivity contribution >= 4 is 11.5 Å². The molecule has 0 atom stereocenters. The maximum atomic E-state index is 10.8. The van der Waals surface area contributed by atoms with E-state index in [9.17, 15) is 10.1 Å². The molecule has 1 aromatic heterocycles. The Hall–Kier alpha value is -1.69. The van der Waals surface area contributed by atoms with Crippen molar-refractivity contribution in [2.45, 2.75) is 31.8 Å². The van der Waals surface area contributed by atoms with Crippen LogP contribution in [0.4, 0.5) is 11.5 Å². The Balaban J connectivity index is 2.17. The lowest BCUT2D eigenvalue weighted by Crippen LogP contribution is -2.44. The standard InChI is InChI=1S/C10H14N4O2/c1-6-2-3-9(14(15)16)10(12-6)13-8-4-7(11)5-8/h2-3,7-8H,4-5,11H2,1H3,(H,12,13). The van der Waals surface area contributed by atoms with Gasteiger partial charge in [-0.15, -0.1) is 0 Å². The topological polar surface area (TPSA) is 94.1 Å². The summed E-state index contributed by atoms with van der Waals surface area (Å²) in [6, 6.07) is 3.53. The lowest BCUT2D eigenvalue weighted by atomic mass is 9.87. The van der Waals surface area contributed by atoms with Gasteiger partial charge in [-0.25, -0.2) is 4.98 Å². The fourth-order valence-corrected chi connectivity index (χ4v) is 1.78. The van der Waals surface area contributed by atoms with Crippen LogP contribution in [0.2, 0.25) is 0 Å². The van der Waals surface area contributed by atoms with E-state index in [1.54, 1.807) is 13.0 Å². The Labute approximate surface area is 93.0 Å². The molecule has 1 saturated carbocycles. The van der Waals surface area contributed by atoms with Gasteiger partial charge in [-0.1, -0.05) is 0 Å². The summed E-state index contributed by atoms with van der Waals surface area (Å²) in [5, 5.41) is 13.9. The van der Waals surface area contributed by atoms with Crippen molar-refractivity contribution < 1.29 is 4.92 Å². The summed E-state index contributed by atoms with van der Waals surface area (Å²) in [5.74, 6) is 0.349. The van der Waals surface area contributed by atoms with E-state index in [4.69, 9.17) is 5.73 Å². The minimum absolute atomic E-state index is 0.0195. The Morgan fingerprint density at radius 1 is 1.56 bits per heavy atom. The number of aromatic nitrogens is 1. The molecule has 1 fully saturated rings. The van der Waals surface area contributed by atoms with Crippen LogP contribution >= 0.6 is 0 Å². The molecule has 1 aliphatic carbocycles. The second-order valence-electron chi connectivity index (χ2n) is 4.15. The normalized spacial score (nSPS) is 23.6. The van der Waals surface area contributed by atoms with Crippen molar-refractivity contribution in [3.63, 3.8) is 0 Å². The van der Waals surface area contributed by atoms with Crippen LogP contribution in [0.25, 0.3) is 0 Å². The number of pyridine rings is 1. The molecule has 0 aromatic carbocycles. The molecule has 86 valence electrons. The summed E-state index contributed by atoms with van der Waals surface area (Å²) < 4.78 is 0. The molecule has 16 heavy (non-hydrogen) atoms. The molecule has 0 spiro atoms. The zero-order valence-corrected chi connectivity index (χ0v) is 9.01. The minimum atomic E-state index is -0.423. The van der Waals surface area contributed by atoms with Crippen LogP contribution in [0.1, 0.15) is 18.5 Å². The van der Waals surface area contributed by atoms with Gasteiger partial charge in [0.2, 0.25) is 5.82 Å². The zero-order valence-electron chi connectivity index (χ0n) is 9.01. The molecule has 1 heterocycles. The van der Waals surface area contributed by atoms with Crippen molar-refractivity contribution in [3.8, 4) is 0 Å². The number of hydrogen-bond acceptors (Lipinski definition) is 5. The number of rotatable bonds is 3. The van der Waals surface area contributed by atoms with Gasteiger partial charge in [-0.2, -0.15) is 0 Å². The third-order valence-corrected chi connectivity index (χ3v) is 2.73. The molecule has 0 bridgehead atoms. The highest BCUT2D eigenvalue weighted by Gasteiger charge is 2.28. The second-order valence-corrected chi connectivity index (χ2v) is 4.15. The molecule has 0 aliphatic heterocycles. The molecule has 6 heteroatoms. The lowest BCUT2D eigenvalue weighted by molar-refractivity contribution is -0.384. The number of hydrogen-bond donors (Lipinski definition) is 2. The summed E-state index contributed by atoms with van der Waals surface area (Å²) in [6.07, 6.45) is 1.68. The van der Waals surface area contributed by atoms with Crippen molar-refractivity contribution in [3.05, 3.63) is 27.9 Å². The number of nitrogens with two attached hydrogens (primary N) is 1. The summed E-state index contributed by atoms with van der Waals surface area (Å²) in [4.78, 5) is 14.5. The molecular weight excluding hydrogens is 208 g/mol. The molecular formula is C10H14N4O2. The Bertz CT molecular complexity index is 415. The predicted octanol–water partition coefficient (Wildman–Crippen LogP) is 1.20. The molecule has 1 aromatic rings. The fourth-order valence-electron chi connectivity index (χ4n) is 1.78. The van der Waals surface area contributed by atoms with Gasteiger partial charge in [0.05, 0.1) is 4.92 Å². The average Bonchev–Trinajstić information content (AvgIpc) is 2.15. The highest BCUT2D eigenvalue weighted by Crippen LogP contribution is 2.27. The molecule has 6 nitrogen and oxygen atoms in total. The third-order valence-electron chi connectivity index (χ3n) is 2.73. The summed E-state index contributed by atoms with van der Waals surface area (Å²) in [7, 11) is 0. The second kappa shape index (κ2) is 4.05. The Morgan fingerprint density at radius 2 is 2.25 bits per heavy atom. The first-order chi connectivity index (χ1) is 7.56. The largest absolute Gasteiger partial charge is 0.361 e. The first kappa shape index (κ1) is 10.8. The van der Waals surface area contributed by atoms with Crippen LogP contribution in [-0.2, 0) is 0 Å². The van der Waals surface area contributed by atoms with Gasteiger partial charge in [-0.05, 0) is 25.8 Å². The summed E-state index contributed by atoms with van der Waals surface area (Å²) in [5.41, 5.74) is 6.44. The minimum Gasteiger partial charge on any atom is -0.361 e. The van der Waals surface area contributed by atoms with E-state index in [1.165, 1.54) is 6.07 Å². The third kappa shape index (κ3) is 2.11. The van der Waals surface area contributed by atoms with Crippen molar-refractivity contribution in [1.29, 1.82) is 0 Å². The van der Waals surface area contributed by atoms with Gasteiger partial charge in [0, 0.05) is 23.8 Å². The van der Waals surface area contributed by atoms with Gasteiger partial charge in [0.1, 0.15) is 0 Å². The summed E-state index contributed by atoms with van der Waals surface area (Å²) >= 11 is 0. The van der Waals surface area contributed by atoms with Crippen molar-refractivity contribution in [1.82, 2.24) is 4.98 Å². The fraction of sp³-hybridized carbons (Fsp3) is 0.500. The van der Waals surface area contributed by atoms with Gasteiger partial charge < -0.3 is 11.1 Å². The smallest absolute Gasteiger partial charge is 0.311 e. The van der Waals surface area contributed by atoms with Crippen LogP contribution in [0.3, 0.4) is 0 Å². The van der Waals surface area contributed by atoms with Gasteiger partial charge in [0.15, 0.2) is 0 Å². The van der Waals surface area contributed by atoms with E-state index in [-0.39, 0.29) is 17.8 Å². The van der Waals surface area contributed by atoms with E-state index < -0.39 is 4.92 Å². The average molecular weight is 222 g/mol. The number of nitrogens with zero attached hydrogens (tertiary/aromatic N) is 2. The van der Waals surface area contributed by atoms with Crippen LogP contribution in [-0.4, -0.2) is 22.0 Å². The maximum absolute atomic E-state index is 10.8. The Morgan fingerprint density at radius 3 is 2.81 bits per heavy atom. The van der Waals surface area contributed by atoms with E-state index in [0.29, 0.717) is 5.82 Å². The van der Waals surface area contributed by atoms with E-state index in [1.807, 2.05) is 0 Å². The van der Waals surface area contributed by atoms with E-state index >= 15 is 0 Å². The Kier molecular flexibility index (Phi) is 2.74. The predicted molar refractivity (Wildman–Crippen MR) is 60.2 cm³/mol. The molecule has 3 N–H and O–H groups in total.